The van der Waals surface area contributed by atoms with Crippen molar-refractivity contribution in [3.8, 4) is 5.69 Å². The first-order chi connectivity index (χ1) is 17.0. The first-order valence-corrected chi connectivity index (χ1v) is 13.0. The van der Waals surface area contributed by atoms with Gasteiger partial charge in [-0.05, 0) is 71.7 Å². The number of aryl methyl sites for hydroxylation is 3. The maximum Gasteiger partial charge on any atom is 0.223 e. The molecule has 0 spiro atoms. The number of rotatable bonds is 6. The molecule has 1 amide bonds. The van der Waals surface area contributed by atoms with Crippen LogP contribution in [0, 0.1) is 26.7 Å². The monoisotopic (exact) mass is 475 g/mol. The van der Waals surface area contributed by atoms with Crippen molar-refractivity contribution < 1.29 is 4.79 Å². The Morgan fingerprint density at radius 2 is 1.77 bits per heavy atom. The van der Waals surface area contributed by atoms with Gasteiger partial charge in [0.05, 0.1) is 22.5 Å². The molecule has 5 rings (SSSR count). The molecule has 4 heterocycles. The normalized spacial score (nSPS) is 19.5. The minimum absolute atomic E-state index is 0.0588. The van der Waals surface area contributed by atoms with Crippen molar-refractivity contribution in [3.05, 3.63) is 41.2 Å². The fraction of sp³-hybridized carbons (Fsp3) is 0.556. The van der Waals surface area contributed by atoms with Crippen molar-refractivity contribution in [2.75, 3.05) is 37.6 Å². The van der Waals surface area contributed by atoms with Crippen molar-refractivity contribution in [1.29, 1.82) is 0 Å². The van der Waals surface area contributed by atoms with Gasteiger partial charge in [0, 0.05) is 31.6 Å². The number of piperidine rings is 1. The summed E-state index contributed by atoms with van der Waals surface area (Å²) in [5.74, 6) is 1.08. The number of hydrogen-bond donors (Lipinski definition) is 1. The molecule has 1 N–H and O–H groups in total. The van der Waals surface area contributed by atoms with Crippen molar-refractivity contribution in [1.82, 2.24) is 30.2 Å². The number of carbonyl (C=O) groups is 1. The summed E-state index contributed by atoms with van der Waals surface area (Å²) in [7, 11) is 0. The molecular weight excluding hydrogens is 438 g/mol. The summed E-state index contributed by atoms with van der Waals surface area (Å²) < 4.78 is 1.99. The number of likely N-dealkylation sites (tertiary alicyclic amines) is 1. The Kier molecular flexibility index (Phi) is 6.73. The van der Waals surface area contributed by atoms with Crippen molar-refractivity contribution in [3.63, 3.8) is 0 Å². The highest BCUT2D eigenvalue weighted by Gasteiger charge is 2.30. The van der Waals surface area contributed by atoms with E-state index in [4.69, 9.17) is 5.10 Å². The molecule has 2 saturated heterocycles. The van der Waals surface area contributed by atoms with Crippen LogP contribution in [-0.2, 0) is 4.79 Å². The lowest BCUT2D eigenvalue weighted by atomic mass is 9.95. The Morgan fingerprint density at radius 1 is 1.03 bits per heavy atom. The van der Waals surface area contributed by atoms with Crippen LogP contribution in [0.3, 0.4) is 0 Å². The lowest BCUT2D eigenvalue weighted by Crippen LogP contribution is -2.45. The third-order valence-electron chi connectivity index (χ3n) is 7.85. The number of anilines is 1. The van der Waals surface area contributed by atoms with Crippen LogP contribution in [-0.4, -0.2) is 69.6 Å². The maximum absolute atomic E-state index is 12.9. The summed E-state index contributed by atoms with van der Waals surface area (Å²) in [5.41, 5.74) is 5.11. The number of hydrogen-bond acceptors (Lipinski definition) is 6. The van der Waals surface area contributed by atoms with E-state index in [0.717, 1.165) is 79.4 Å². The van der Waals surface area contributed by atoms with E-state index in [1.54, 1.807) is 0 Å². The second-order valence-electron chi connectivity index (χ2n) is 10.1. The highest BCUT2D eigenvalue weighted by Crippen LogP contribution is 2.31. The zero-order valence-corrected chi connectivity index (χ0v) is 21.4. The number of carbonyl (C=O) groups excluding carboxylic acids is 1. The van der Waals surface area contributed by atoms with Gasteiger partial charge in [-0.25, -0.2) is 4.68 Å². The highest BCUT2D eigenvalue weighted by molar-refractivity contribution is 5.92. The SMILES string of the molecule is CCN1CCC[C@H]1CNC(=O)C1CCN(c2nnc(C)c3c(C)n(-c4ccc(C)cc4)nc23)CC1. The van der Waals surface area contributed by atoms with Crippen LogP contribution in [0.4, 0.5) is 5.82 Å². The van der Waals surface area contributed by atoms with E-state index in [9.17, 15) is 4.79 Å². The summed E-state index contributed by atoms with van der Waals surface area (Å²) in [6.45, 7) is 12.9. The van der Waals surface area contributed by atoms with E-state index in [-0.39, 0.29) is 11.8 Å². The van der Waals surface area contributed by atoms with Gasteiger partial charge in [-0.3, -0.25) is 9.69 Å². The maximum atomic E-state index is 12.9. The van der Waals surface area contributed by atoms with Gasteiger partial charge in [0.2, 0.25) is 5.91 Å². The molecule has 1 aromatic carbocycles. The first-order valence-electron chi connectivity index (χ1n) is 13.0. The Labute approximate surface area is 207 Å². The summed E-state index contributed by atoms with van der Waals surface area (Å²) in [6, 6.07) is 8.90. The molecule has 0 radical (unpaired) electrons. The van der Waals surface area contributed by atoms with Gasteiger partial charge < -0.3 is 10.2 Å². The standard InChI is InChI=1S/C27H37N7O/c1-5-32-14-6-7-23(32)17-28-27(35)21-12-15-33(16-13-21)26-25-24(19(3)29-30-26)20(4)34(31-25)22-10-8-18(2)9-11-22/h8-11,21,23H,5-7,12-17H2,1-4H3,(H,28,35)/t23-/m0/s1. The van der Waals surface area contributed by atoms with Crippen molar-refractivity contribution in [2.45, 2.75) is 59.4 Å². The van der Waals surface area contributed by atoms with Gasteiger partial charge >= 0.3 is 0 Å². The molecule has 35 heavy (non-hydrogen) atoms. The lowest BCUT2D eigenvalue weighted by molar-refractivity contribution is -0.125. The molecule has 0 unspecified atom stereocenters. The van der Waals surface area contributed by atoms with Crippen LogP contribution in [0.5, 0.6) is 0 Å². The van der Waals surface area contributed by atoms with E-state index in [1.165, 1.54) is 18.4 Å². The fourth-order valence-corrected chi connectivity index (χ4v) is 5.72. The first kappa shape index (κ1) is 23.7. The van der Waals surface area contributed by atoms with Gasteiger partial charge in [-0.15, -0.1) is 5.10 Å². The number of likely N-dealkylation sites (N-methyl/N-ethyl adjacent to an activating group) is 1. The zero-order valence-electron chi connectivity index (χ0n) is 21.4. The van der Waals surface area contributed by atoms with E-state index < -0.39 is 0 Å². The molecule has 0 bridgehead atoms. The minimum Gasteiger partial charge on any atom is -0.354 e. The quantitative estimate of drug-likeness (QED) is 0.587. The van der Waals surface area contributed by atoms with Crippen LogP contribution in [0.1, 0.15) is 49.6 Å². The van der Waals surface area contributed by atoms with Gasteiger partial charge in [0.1, 0.15) is 5.52 Å². The minimum atomic E-state index is 0.0588. The molecule has 1 atom stereocenters. The Balaban J connectivity index is 1.29. The third-order valence-corrected chi connectivity index (χ3v) is 7.85. The molecule has 2 aliphatic heterocycles. The molecular formula is C27H37N7O. The summed E-state index contributed by atoms with van der Waals surface area (Å²) >= 11 is 0. The van der Waals surface area contributed by atoms with E-state index in [1.807, 2.05) is 11.6 Å². The fourth-order valence-electron chi connectivity index (χ4n) is 5.72. The number of amides is 1. The molecule has 2 fully saturated rings. The molecule has 0 saturated carbocycles. The highest BCUT2D eigenvalue weighted by atomic mass is 16.1. The largest absolute Gasteiger partial charge is 0.354 e. The molecule has 8 heteroatoms. The predicted octanol–water partition coefficient (Wildman–Crippen LogP) is 3.56. The Bertz CT molecular complexity index is 1190. The topological polar surface area (TPSA) is 79.2 Å². The van der Waals surface area contributed by atoms with Crippen molar-refractivity contribution in [2.24, 2.45) is 5.92 Å². The van der Waals surface area contributed by atoms with Crippen LogP contribution < -0.4 is 10.2 Å². The summed E-state index contributed by atoms with van der Waals surface area (Å²) in [6.07, 6.45) is 4.06. The molecule has 2 aliphatic rings. The average molecular weight is 476 g/mol. The van der Waals surface area contributed by atoms with Gasteiger partial charge in [0.15, 0.2) is 5.82 Å². The Hall–Kier alpha value is -3.00. The second-order valence-corrected chi connectivity index (χ2v) is 10.1. The Morgan fingerprint density at radius 3 is 2.49 bits per heavy atom. The van der Waals surface area contributed by atoms with Crippen molar-refractivity contribution >= 4 is 22.6 Å². The zero-order chi connectivity index (χ0) is 24.5. The van der Waals surface area contributed by atoms with Crippen LogP contribution >= 0.6 is 0 Å². The molecule has 186 valence electrons. The number of aromatic nitrogens is 4. The number of nitrogens with zero attached hydrogens (tertiary/aromatic N) is 6. The van der Waals surface area contributed by atoms with Gasteiger partial charge in [-0.2, -0.15) is 10.2 Å². The van der Waals surface area contributed by atoms with Gasteiger partial charge in [-0.1, -0.05) is 24.6 Å². The summed E-state index contributed by atoms with van der Waals surface area (Å²) in [5, 5.41) is 18.3. The van der Waals surface area contributed by atoms with Gasteiger partial charge in [0.25, 0.3) is 0 Å². The second kappa shape index (κ2) is 9.93. The van der Waals surface area contributed by atoms with Crippen LogP contribution in [0.2, 0.25) is 0 Å². The number of benzene rings is 1. The molecule has 8 nitrogen and oxygen atoms in total. The molecule has 0 aliphatic carbocycles. The average Bonchev–Trinajstić information content (AvgIpc) is 3.48. The van der Waals surface area contributed by atoms with E-state index >= 15 is 0 Å². The molecule has 3 aromatic rings. The third kappa shape index (κ3) is 4.63. The predicted molar refractivity (Wildman–Crippen MR) is 139 cm³/mol. The molecule has 2 aromatic heterocycles. The number of fused-ring (bicyclic) bond motifs is 1. The lowest BCUT2D eigenvalue weighted by Gasteiger charge is -2.32. The van der Waals surface area contributed by atoms with Crippen LogP contribution in [0.15, 0.2) is 24.3 Å². The number of nitrogens with one attached hydrogen (secondary N) is 1. The van der Waals surface area contributed by atoms with Crippen LogP contribution in [0.25, 0.3) is 16.6 Å². The van der Waals surface area contributed by atoms with E-state index in [2.05, 4.69) is 70.4 Å². The van der Waals surface area contributed by atoms with E-state index in [0.29, 0.717) is 6.04 Å². The smallest absolute Gasteiger partial charge is 0.223 e. The summed E-state index contributed by atoms with van der Waals surface area (Å²) in [4.78, 5) is 17.6.